The van der Waals surface area contributed by atoms with Crippen LogP contribution >= 0.6 is 0 Å². The van der Waals surface area contributed by atoms with E-state index in [0.717, 1.165) is 0 Å². The number of carbonyl (C=O) groups is 1. The number of rotatable bonds is 3. The van der Waals surface area contributed by atoms with Crippen molar-refractivity contribution in [2.45, 2.75) is 19.9 Å². The van der Waals surface area contributed by atoms with Crippen molar-refractivity contribution < 1.29 is 4.79 Å². The summed E-state index contributed by atoms with van der Waals surface area (Å²) in [5.41, 5.74) is 5.62. The summed E-state index contributed by atoms with van der Waals surface area (Å²) in [4.78, 5) is 11.9. The van der Waals surface area contributed by atoms with Gasteiger partial charge in [0.05, 0.1) is 6.20 Å². The van der Waals surface area contributed by atoms with E-state index in [1.54, 1.807) is 16.9 Å². The number of nitrogens with one attached hydrogen (secondary N) is 1. The maximum atomic E-state index is 11.9. The van der Waals surface area contributed by atoms with Crippen molar-refractivity contribution in [1.29, 1.82) is 0 Å². The first-order valence-corrected chi connectivity index (χ1v) is 5.52. The van der Waals surface area contributed by atoms with Crippen LogP contribution in [-0.2, 0) is 0 Å². The topological polar surface area (TPSA) is 98.7 Å². The van der Waals surface area contributed by atoms with Crippen LogP contribution in [0.25, 0.3) is 0 Å². The Hall–Kier alpha value is -2.44. The summed E-state index contributed by atoms with van der Waals surface area (Å²) in [6, 6.07) is 4.94. The summed E-state index contributed by atoms with van der Waals surface area (Å²) in [6.45, 7) is 3.96. The third-order valence-corrected chi connectivity index (χ3v) is 2.32. The number of nitrogens with zero attached hydrogens (tertiary/aromatic N) is 4. The summed E-state index contributed by atoms with van der Waals surface area (Å²) in [5.74, 6) is 0.553. The number of hydrogen-bond donors (Lipinski definition) is 2. The van der Waals surface area contributed by atoms with Crippen molar-refractivity contribution in [3.63, 3.8) is 0 Å². The normalized spacial score (nSPS) is 10.6. The van der Waals surface area contributed by atoms with Crippen molar-refractivity contribution in [2.75, 3.05) is 11.1 Å². The molecule has 7 nitrogen and oxygen atoms in total. The molecule has 0 fully saturated rings. The zero-order chi connectivity index (χ0) is 13.1. The minimum absolute atomic E-state index is 0.160. The standard InChI is InChI=1S/C11H14N6O/c1-7(2)17-10(5-6-13-17)14-11(18)8-3-4-9(12)16-15-8/h3-7H,1-2H3,(H2,12,16)(H,14,18). The number of anilines is 2. The van der Waals surface area contributed by atoms with E-state index in [-0.39, 0.29) is 23.5 Å². The highest BCUT2D eigenvalue weighted by Crippen LogP contribution is 2.13. The summed E-state index contributed by atoms with van der Waals surface area (Å²) in [6.07, 6.45) is 1.63. The van der Waals surface area contributed by atoms with E-state index in [4.69, 9.17) is 5.73 Å². The SMILES string of the molecule is CC(C)n1nccc1NC(=O)c1ccc(N)nn1. The highest BCUT2D eigenvalue weighted by molar-refractivity contribution is 6.02. The second-order valence-electron chi connectivity index (χ2n) is 4.05. The summed E-state index contributed by atoms with van der Waals surface area (Å²) in [7, 11) is 0. The van der Waals surface area contributed by atoms with Crippen molar-refractivity contribution in [3.8, 4) is 0 Å². The monoisotopic (exact) mass is 246 g/mol. The maximum absolute atomic E-state index is 11.9. The van der Waals surface area contributed by atoms with Crippen molar-refractivity contribution >= 4 is 17.5 Å². The highest BCUT2D eigenvalue weighted by atomic mass is 16.2. The van der Waals surface area contributed by atoms with Gasteiger partial charge in [0.25, 0.3) is 5.91 Å². The molecule has 2 rings (SSSR count). The third kappa shape index (κ3) is 2.45. The Morgan fingerprint density at radius 1 is 1.33 bits per heavy atom. The smallest absolute Gasteiger partial charge is 0.277 e. The van der Waals surface area contributed by atoms with Gasteiger partial charge in [-0.1, -0.05) is 0 Å². The van der Waals surface area contributed by atoms with Gasteiger partial charge in [0.1, 0.15) is 11.6 Å². The number of aromatic nitrogens is 4. The number of nitrogen functional groups attached to an aromatic ring is 1. The highest BCUT2D eigenvalue weighted by Gasteiger charge is 2.12. The fraction of sp³-hybridized carbons (Fsp3) is 0.273. The summed E-state index contributed by atoms with van der Waals surface area (Å²) in [5, 5.41) is 14.2. The first-order valence-electron chi connectivity index (χ1n) is 5.52. The molecule has 0 aliphatic heterocycles. The molecule has 0 unspecified atom stereocenters. The largest absolute Gasteiger partial charge is 0.382 e. The molecular weight excluding hydrogens is 232 g/mol. The molecule has 0 saturated heterocycles. The maximum Gasteiger partial charge on any atom is 0.277 e. The van der Waals surface area contributed by atoms with Gasteiger partial charge in [-0.2, -0.15) is 5.10 Å². The molecule has 7 heteroatoms. The molecule has 2 aromatic rings. The Morgan fingerprint density at radius 2 is 2.11 bits per heavy atom. The lowest BCUT2D eigenvalue weighted by atomic mass is 10.3. The van der Waals surface area contributed by atoms with Gasteiger partial charge in [0.15, 0.2) is 5.69 Å². The van der Waals surface area contributed by atoms with Crippen LogP contribution in [0, 0.1) is 0 Å². The van der Waals surface area contributed by atoms with Crippen molar-refractivity contribution in [2.24, 2.45) is 0 Å². The average Bonchev–Trinajstić information content (AvgIpc) is 2.78. The van der Waals surface area contributed by atoms with Gasteiger partial charge in [-0.25, -0.2) is 4.68 Å². The Balaban J connectivity index is 2.16. The van der Waals surface area contributed by atoms with Gasteiger partial charge in [-0.05, 0) is 26.0 Å². The molecule has 0 spiro atoms. The molecule has 0 atom stereocenters. The van der Waals surface area contributed by atoms with Crippen LogP contribution in [0.1, 0.15) is 30.4 Å². The van der Waals surface area contributed by atoms with E-state index in [2.05, 4.69) is 20.6 Å². The average molecular weight is 246 g/mol. The van der Waals surface area contributed by atoms with Crippen LogP contribution in [0.3, 0.4) is 0 Å². The van der Waals surface area contributed by atoms with Crippen LogP contribution in [-0.4, -0.2) is 25.9 Å². The van der Waals surface area contributed by atoms with E-state index in [1.165, 1.54) is 12.1 Å². The minimum atomic E-state index is -0.343. The first kappa shape index (κ1) is 12.0. The Morgan fingerprint density at radius 3 is 2.72 bits per heavy atom. The fourth-order valence-corrected chi connectivity index (χ4v) is 1.47. The van der Waals surface area contributed by atoms with Gasteiger partial charge < -0.3 is 11.1 Å². The summed E-state index contributed by atoms with van der Waals surface area (Å²) < 4.78 is 1.71. The molecule has 0 radical (unpaired) electrons. The molecular formula is C11H14N6O. The minimum Gasteiger partial charge on any atom is -0.382 e. The Bertz CT molecular complexity index is 545. The predicted molar refractivity (Wildman–Crippen MR) is 67.0 cm³/mol. The molecule has 18 heavy (non-hydrogen) atoms. The number of hydrogen-bond acceptors (Lipinski definition) is 5. The molecule has 0 saturated carbocycles. The third-order valence-electron chi connectivity index (χ3n) is 2.32. The molecule has 3 N–H and O–H groups in total. The molecule has 1 amide bonds. The molecule has 2 aromatic heterocycles. The van der Waals surface area contributed by atoms with Gasteiger partial charge in [0.2, 0.25) is 0 Å². The number of nitrogens with two attached hydrogens (primary N) is 1. The second kappa shape index (κ2) is 4.82. The van der Waals surface area contributed by atoms with Crippen LogP contribution in [0.5, 0.6) is 0 Å². The molecule has 2 heterocycles. The van der Waals surface area contributed by atoms with Crippen LogP contribution < -0.4 is 11.1 Å². The van der Waals surface area contributed by atoms with Crippen molar-refractivity contribution in [3.05, 3.63) is 30.1 Å². The van der Waals surface area contributed by atoms with Gasteiger partial charge >= 0.3 is 0 Å². The second-order valence-corrected chi connectivity index (χ2v) is 4.05. The molecule has 0 aliphatic carbocycles. The lowest BCUT2D eigenvalue weighted by molar-refractivity contribution is 0.102. The molecule has 94 valence electrons. The van der Waals surface area contributed by atoms with Crippen LogP contribution in [0.15, 0.2) is 24.4 Å². The number of amides is 1. The van der Waals surface area contributed by atoms with E-state index in [1.807, 2.05) is 13.8 Å². The quantitative estimate of drug-likeness (QED) is 0.844. The first-order chi connectivity index (χ1) is 8.58. The lowest BCUT2D eigenvalue weighted by Crippen LogP contribution is -2.18. The zero-order valence-corrected chi connectivity index (χ0v) is 10.2. The van der Waals surface area contributed by atoms with Gasteiger partial charge in [0, 0.05) is 12.1 Å². The van der Waals surface area contributed by atoms with Crippen LogP contribution in [0.4, 0.5) is 11.6 Å². The fourth-order valence-electron chi connectivity index (χ4n) is 1.47. The number of carbonyl (C=O) groups excluding carboxylic acids is 1. The predicted octanol–water partition coefficient (Wildman–Crippen LogP) is 1.09. The van der Waals surface area contributed by atoms with E-state index in [0.29, 0.717) is 5.82 Å². The molecule has 0 aliphatic rings. The van der Waals surface area contributed by atoms with Gasteiger partial charge in [-0.3, -0.25) is 4.79 Å². The van der Waals surface area contributed by atoms with Gasteiger partial charge in [-0.15, -0.1) is 10.2 Å². The van der Waals surface area contributed by atoms with Crippen LogP contribution in [0.2, 0.25) is 0 Å². The molecule has 0 aromatic carbocycles. The lowest BCUT2D eigenvalue weighted by Gasteiger charge is -2.11. The van der Waals surface area contributed by atoms with E-state index < -0.39 is 0 Å². The zero-order valence-electron chi connectivity index (χ0n) is 10.2. The summed E-state index contributed by atoms with van der Waals surface area (Å²) >= 11 is 0. The van der Waals surface area contributed by atoms with E-state index >= 15 is 0 Å². The Kier molecular flexibility index (Phi) is 3.22. The van der Waals surface area contributed by atoms with E-state index in [9.17, 15) is 4.79 Å². The molecule has 0 bridgehead atoms. The van der Waals surface area contributed by atoms with Crippen molar-refractivity contribution in [1.82, 2.24) is 20.0 Å². The Labute approximate surface area is 104 Å².